The summed E-state index contributed by atoms with van der Waals surface area (Å²) in [4.78, 5) is 0. The lowest BCUT2D eigenvalue weighted by Gasteiger charge is -2.33. The van der Waals surface area contributed by atoms with Gasteiger partial charge >= 0.3 is 0 Å². The first-order chi connectivity index (χ1) is 8.40. The van der Waals surface area contributed by atoms with E-state index in [9.17, 15) is 5.11 Å². The molecule has 1 aliphatic rings. The molecule has 0 heterocycles. The minimum atomic E-state index is -0.216. The van der Waals surface area contributed by atoms with Gasteiger partial charge in [-0.2, -0.15) is 5.26 Å². The largest absolute Gasteiger partial charge is 0.490 e. The number of aliphatic hydroxyl groups is 1. The van der Waals surface area contributed by atoms with Crippen LogP contribution in [0.2, 0.25) is 0 Å². The molecule has 96 valence electrons. The van der Waals surface area contributed by atoms with Crippen LogP contribution in [0.15, 0.2) is 18.2 Å². The minimum Gasteiger partial charge on any atom is -0.490 e. The second kappa shape index (κ2) is 4.62. The Bertz CT molecular complexity index is 476. The van der Waals surface area contributed by atoms with Crippen molar-refractivity contribution in [1.82, 2.24) is 0 Å². The number of ether oxygens (including phenoxy) is 1. The van der Waals surface area contributed by atoms with Crippen molar-refractivity contribution in [3.8, 4) is 11.8 Å². The predicted octanol–water partition coefficient (Wildman–Crippen LogP) is 2.76. The Hall–Kier alpha value is -1.53. The molecule has 0 saturated heterocycles. The van der Waals surface area contributed by atoms with Crippen molar-refractivity contribution < 1.29 is 9.84 Å². The van der Waals surface area contributed by atoms with Crippen molar-refractivity contribution in [3.63, 3.8) is 0 Å². The van der Waals surface area contributed by atoms with E-state index in [4.69, 9.17) is 10.00 Å². The average molecular weight is 245 g/mol. The SMILES string of the molecule is CC(C)(C)c1cc(C#N)ccc1OC1CC(O)C1. The molecule has 0 unspecified atom stereocenters. The topological polar surface area (TPSA) is 53.2 Å². The van der Waals surface area contributed by atoms with Gasteiger partial charge in [0.1, 0.15) is 11.9 Å². The summed E-state index contributed by atoms with van der Waals surface area (Å²) in [6.07, 6.45) is 1.29. The molecule has 0 aliphatic heterocycles. The molecular formula is C15H19NO2. The van der Waals surface area contributed by atoms with Crippen LogP contribution in [0.4, 0.5) is 0 Å². The minimum absolute atomic E-state index is 0.0649. The Morgan fingerprint density at radius 2 is 2.00 bits per heavy atom. The predicted molar refractivity (Wildman–Crippen MR) is 69.5 cm³/mol. The molecule has 0 bridgehead atoms. The lowest BCUT2D eigenvalue weighted by atomic mass is 9.85. The highest BCUT2D eigenvalue weighted by Crippen LogP contribution is 2.35. The van der Waals surface area contributed by atoms with Crippen molar-refractivity contribution in [2.45, 2.75) is 51.2 Å². The van der Waals surface area contributed by atoms with Crippen LogP contribution in [0.25, 0.3) is 0 Å². The molecule has 18 heavy (non-hydrogen) atoms. The summed E-state index contributed by atoms with van der Waals surface area (Å²) in [5, 5.41) is 18.3. The number of hydrogen-bond acceptors (Lipinski definition) is 3. The van der Waals surface area contributed by atoms with E-state index in [1.807, 2.05) is 12.1 Å². The van der Waals surface area contributed by atoms with Gasteiger partial charge in [0.15, 0.2) is 0 Å². The van der Waals surface area contributed by atoms with Crippen LogP contribution >= 0.6 is 0 Å². The van der Waals surface area contributed by atoms with E-state index in [2.05, 4.69) is 26.8 Å². The van der Waals surface area contributed by atoms with Gasteiger partial charge in [-0.25, -0.2) is 0 Å². The average Bonchev–Trinajstić information content (AvgIpc) is 2.26. The number of rotatable bonds is 2. The lowest BCUT2D eigenvalue weighted by Crippen LogP contribution is -2.38. The number of aliphatic hydroxyl groups excluding tert-OH is 1. The van der Waals surface area contributed by atoms with E-state index < -0.39 is 0 Å². The third-order valence-electron chi connectivity index (χ3n) is 3.28. The standard InChI is InChI=1S/C15H19NO2/c1-15(2,3)13-6-10(9-16)4-5-14(13)18-12-7-11(17)8-12/h4-6,11-12,17H,7-8H2,1-3H3. The summed E-state index contributed by atoms with van der Waals surface area (Å²) < 4.78 is 5.91. The molecule has 3 heteroatoms. The maximum atomic E-state index is 9.28. The van der Waals surface area contributed by atoms with Crippen LogP contribution < -0.4 is 4.74 Å². The number of benzene rings is 1. The van der Waals surface area contributed by atoms with Crippen LogP contribution in [-0.2, 0) is 5.41 Å². The van der Waals surface area contributed by atoms with Gasteiger partial charge in [-0.15, -0.1) is 0 Å². The van der Waals surface area contributed by atoms with Crippen LogP contribution in [0.5, 0.6) is 5.75 Å². The maximum absolute atomic E-state index is 9.28. The third-order valence-corrected chi connectivity index (χ3v) is 3.28. The zero-order valence-corrected chi connectivity index (χ0v) is 11.1. The van der Waals surface area contributed by atoms with Crippen molar-refractivity contribution in [2.24, 2.45) is 0 Å². The van der Waals surface area contributed by atoms with Gasteiger partial charge in [-0.05, 0) is 23.6 Å². The van der Waals surface area contributed by atoms with Gasteiger partial charge in [-0.3, -0.25) is 0 Å². The molecule has 0 spiro atoms. The van der Waals surface area contributed by atoms with Crippen molar-refractivity contribution >= 4 is 0 Å². The van der Waals surface area contributed by atoms with Crippen LogP contribution in [-0.4, -0.2) is 17.3 Å². The fourth-order valence-corrected chi connectivity index (χ4v) is 2.10. The quantitative estimate of drug-likeness (QED) is 0.871. The van der Waals surface area contributed by atoms with E-state index in [-0.39, 0.29) is 17.6 Å². The van der Waals surface area contributed by atoms with Crippen LogP contribution in [0.1, 0.15) is 44.7 Å². The van der Waals surface area contributed by atoms with Crippen molar-refractivity contribution in [2.75, 3.05) is 0 Å². The summed E-state index contributed by atoms with van der Waals surface area (Å²) in [5.74, 6) is 0.832. The van der Waals surface area contributed by atoms with Gasteiger partial charge in [0, 0.05) is 18.4 Å². The van der Waals surface area contributed by atoms with Gasteiger partial charge in [0.25, 0.3) is 0 Å². The Morgan fingerprint density at radius 1 is 1.33 bits per heavy atom. The normalized spacial score (nSPS) is 23.1. The summed E-state index contributed by atoms with van der Waals surface area (Å²) in [7, 11) is 0. The molecule has 1 N–H and O–H groups in total. The first-order valence-corrected chi connectivity index (χ1v) is 6.29. The molecule has 1 fully saturated rings. The summed E-state index contributed by atoms with van der Waals surface area (Å²) >= 11 is 0. The highest BCUT2D eigenvalue weighted by molar-refractivity contribution is 5.45. The van der Waals surface area contributed by atoms with Crippen LogP contribution in [0.3, 0.4) is 0 Å². The summed E-state index contributed by atoms with van der Waals surface area (Å²) in [6.45, 7) is 6.31. The van der Waals surface area contributed by atoms with Crippen molar-refractivity contribution in [1.29, 1.82) is 5.26 Å². The molecule has 1 aromatic rings. The van der Waals surface area contributed by atoms with E-state index >= 15 is 0 Å². The van der Waals surface area contributed by atoms with E-state index in [0.717, 1.165) is 11.3 Å². The zero-order valence-electron chi connectivity index (χ0n) is 11.1. The lowest BCUT2D eigenvalue weighted by molar-refractivity contribution is -0.0115. The molecular weight excluding hydrogens is 226 g/mol. The van der Waals surface area contributed by atoms with Gasteiger partial charge < -0.3 is 9.84 Å². The Morgan fingerprint density at radius 3 is 2.50 bits per heavy atom. The highest BCUT2D eigenvalue weighted by Gasteiger charge is 2.30. The maximum Gasteiger partial charge on any atom is 0.123 e. The van der Waals surface area contributed by atoms with Gasteiger partial charge in [0.2, 0.25) is 0 Å². The molecule has 0 aromatic heterocycles. The van der Waals surface area contributed by atoms with Crippen molar-refractivity contribution in [3.05, 3.63) is 29.3 Å². The molecule has 0 atom stereocenters. The summed E-state index contributed by atoms with van der Waals surface area (Å²) in [5.41, 5.74) is 1.63. The van der Waals surface area contributed by atoms with Gasteiger partial charge in [0.05, 0.1) is 17.7 Å². The molecule has 2 rings (SSSR count). The summed E-state index contributed by atoms with van der Waals surface area (Å²) in [6, 6.07) is 7.70. The zero-order chi connectivity index (χ0) is 13.3. The van der Waals surface area contributed by atoms with Crippen LogP contribution in [0, 0.1) is 11.3 Å². The fourth-order valence-electron chi connectivity index (χ4n) is 2.10. The second-order valence-corrected chi connectivity index (χ2v) is 5.94. The smallest absolute Gasteiger partial charge is 0.123 e. The molecule has 0 amide bonds. The van der Waals surface area contributed by atoms with E-state index in [0.29, 0.717) is 18.4 Å². The Balaban J connectivity index is 2.26. The molecule has 1 aliphatic carbocycles. The Labute approximate surface area is 108 Å². The van der Waals surface area contributed by atoms with Gasteiger partial charge in [-0.1, -0.05) is 20.8 Å². The first-order valence-electron chi connectivity index (χ1n) is 6.29. The van der Waals surface area contributed by atoms with E-state index in [1.165, 1.54) is 0 Å². The molecule has 1 saturated carbocycles. The fraction of sp³-hybridized carbons (Fsp3) is 0.533. The third kappa shape index (κ3) is 2.65. The monoisotopic (exact) mass is 245 g/mol. The van der Waals surface area contributed by atoms with E-state index in [1.54, 1.807) is 6.07 Å². The number of hydrogen-bond donors (Lipinski definition) is 1. The number of nitriles is 1. The molecule has 1 aromatic carbocycles. The highest BCUT2D eigenvalue weighted by atomic mass is 16.5. The second-order valence-electron chi connectivity index (χ2n) is 5.94. The Kier molecular flexibility index (Phi) is 3.32. The molecule has 3 nitrogen and oxygen atoms in total. The first kappa shape index (κ1) is 12.9. The number of nitrogens with zero attached hydrogens (tertiary/aromatic N) is 1. The molecule has 0 radical (unpaired) electrons.